The van der Waals surface area contributed by atoms with E-state index >= 15 is 0 Å². The highest BCUT2D eigenvalue weighted by molar-refractivity contribution is 4.79. The summed E-state index contributed by atoms with van der Waals surface area (Å²) in [4.78, 5) is 0. The lowest BCUT2D eigenvalue weighted by molar-refractivity contribution is -0.165. The minimum absolute atomic E-state index is 0.357. The first kappa shape index (κ1) is 12.3. The summed E-state index contributed by atoms with van der Waals surface area (Å²) >= 11 is 0. The molecule has 2 aliphatic rings. The van der Waals surface area contributed by atoms with Crippen molar-refractivity contribution in [3.8, 4) is 0 Å². The zero-order valence-electron chi connectivity index (χ0n) is 10.6. The lowest BCUT2D eigenvalue weighted by Crippen LogP contribution is -2.44. The summed E-state index contributed by atoms with van der Waals surface area (Å²) in [7, 11) is 0. The van der Waals surface area contributed by atoms with Crippen LogP contribution in [0.4, 0.5) is 0 Å². The first-order chi connectivity index (χ1) is 7.75. The van der Waals surface area contributed by atoms with Crippen molar-refractivity contribution in [3.63, 3.8) is 0 Å². The van der Waals surface area contributed by atoms with E-state index < -0.39 is 0 Å². The third-order valence-corrected chi connectivity index (χ3v) is 3.65. The summed E-state index contributed by atoms with van der Waals surface area (Å²) in [6.07, 6.45) is 5.93. The van der Waals surface area contributed by atoms with Gasteiger partial charge in [-0.15, -0.1) is 0 Å². The maximum absolute atomic E-state index is 6.09. The van der Waals surface area contributed by atoms with Gasteiger partial charge in [-0.05, 0) is 31.7 Å². The Morgan fingerprint density at radius 1 is 1.31 bits per heavy atom. The van der Waals surface area contributed by atoms with Crippen molar-refractivity contribution in [3.05, 3.63) is 0 Å². The standard InChI is InChI=1S/C13H25NO2/c1-10(2)13(16-12-8-15-9-12)7-11-5-3-4-6-14-11/h10-14H,3-9H2,1-2H3/t11-,13+/m0/s1. The van der Waals surface area contributed by atoms with Crippen molar-refractivity contribution in [2.24, 2.45) is 5.92 Å². The van der Waals surface area contributed by atoms with Gasteiger partial charge in [0.1, 0.15) is 6.10 Å². The zero-order chi connectivity index (χ0) is 11.4. The second kappa shape index (κ2) is 5.99. The molecule has 2 fully saturated rings. The van der Waals surface area contributed by atoms with E-state index in [0.717, 1.165) is 19.6 Å². The van der Waals surface area contributed by atoms with Gasteiger partial charge < -0.3 is 14.8 Å². The Morgan fingerprint density at radius 3 is 2.62 bits per heavy atom. The molecule has 3 nitrogen and oxygen atoms in total. The Morgan fingerprint density at radius 2 is 2.12 bits per heavy atom. The van der Waals surface area contributed by atoms with Crippen LogP contribution in [0.5, 0.6) is 0 Å². The Balaban J connectivity index is 1.76. The smallest absolute Gasteiger partial charge is 0.104 e. The highest BCUT2D eigenvalue weighted by Crippen LogP contribution is 2.21. The quantitative estimate of drug-likeness (QED) is 0.779. The van der Waals surface area contributed by atoms with Gasteiger partial charge in [0.15, 0.2) is 0 Å². The lowest BCUT2D eigenvalue weighted by Gasteiger charge is -2.35. The summed E-state index contributed by atoms with van der Waals surface area (Å²) in [6, 6.07) is 0.669. The third kappa shape index (κ3) is 3.44. The predicted octanol–water partition coefficient (Wildman–Crippen LogP) is 1.96. The number of hydrogen-bond donors (Lipinski definition) is 1. The van der Waals surface area contributed by atoms with Gasteiger partial charge in [-0.25, -0.2) is 0 Å². The van der Waals surface area contributed by atoms with Crippen LogP contribution in [0.1, 0.15) is 39.5 Å². The second-order valence-electron chi connectivity index (χ2n) is 5.46. The van der Waals surface area contributed by atoms with Crippen LogP contribution in [0.25, 0.3) is 0 Å². The molecule has 2 atom stereocenters. The molecule has 0 bridgehead atoms. The average molecular weight is 227 g/mol. The fourth-order valence-electron chi connectivity index (χ4n) is 2.43. The Labute approximate surface area is 98.9 Å². The number of ether oxygens (including phenoxy) is 2. The van der Waals surface area contributed by atoms with E-state index in [1.54, 1.807) is 0 Å². The maximum atomic E-state index is 6.09. The van der Waals surface area contributed by atoms with Gasteiger partial charge in [-0.1, -0.05) is 20.3 Å². The average Bonchev–Trinajstić information content (AvgIpc) is 2.22. The van der Waals surface area contributed by atoms with E-state index in [2.05, 4.69) is 19.2 Å². The van der Waals surface area contributed by atoms with Gasteiger partial charge in [0.05, 0.1) is 19.3 Å². The predicted molar refractivity (Wildman–Crippen MR) is 64.6 cm³/mol. The number of rotatable bonds is 5. The molecule has 0 amide bonds. The molecule has 0 spiro atoms. The van der Waals surface area contributed by atoms with Gasteiger partial charge >= 0.3 is 0 Å². The van der Waals surface area contributed by atoms with E-state index in [1.165, 1.54) is 25.8 Å². The number of nitrogens with one attached hydrogen (secondary N) is 1. The summed E-state index contributed by atoms with van der Waals surface area (Å²) in [5.41, 5.74) is 0. The van der Waals surface area contributed by atoms with Crippen molar-refractivity contribution in [1.29, 1.82) is 0 Å². The summed E-state index contributed by atoms with van der Waals surface area (Å²) in [6.45, 7) is 7.28. The van der Waals surface area contributed by atoms with Gasteiger partial charge in [-0.2, -0.15) is 0 Å². The summed E-state index contributed by atoms with van der Waals surface area (Å²) in [5, 5.41) is 3.60. The van der Waals surface area contributed by atoms with Crippen LogP contribution in [-0.2, 0) is 9.47 Å². The Hall–Kier alpha value is -0.120. The molecule has 0 unspecified atom stereocenters. The number of hydrogen-bond acceptors (Lipinski definition) is 3. The Kier molecular flexibility index (Phi) is 4.62. The topological polar surface area (TPSA) is 30.5 Å². The monoisotopic (exact) mass is 227 g/mol. The molecular weight excluding hydrogens is 202 g/mol. The van der Waals surface area contributed by atoms with Gasteiger partial charge in [0.25, 0.3) is 0 Å². The molecule has 0 aromatic heterocycles. The van der Waals surface area contributed by atoms with Crippen molar-refractivity contribution in [2.45, 2.75) is 57.8 Å². The van der Waals surface area contributed by atoms with Crippen LogP contribution in [0.3, 0.4) is 0 Å². The van der Waals surface area contributed by atoms with E-state index in [-0.39, 0.29) is 0 Å². The van der Waals surface area contributed by atoms with Gasteiger partial charge in [0, 0.05) is 6.04 Å². The van der Waals surface area contributed by atoms with E-state index in [1.807, 2.05) is 0 Å². The molecule has 0 aliphatic carbocycles. The normalized spacial score (nSPS) is 29.1. The molecule has 16 heavy (non-hydrogen) atoms. The lowest BCUT2D eigenvalue weighted by atomic mass is 9.94. The minimum atomic E-state index is 0.357. The highest BCUT2D eigenvalue weighted by atomic mass is 16.6. The van der Waals surface area contributed by atoms with E-state index in [4.69, 9.17) is 9.47 Å². The second-order valence-corrected chi connectivity index (χ2v) is 5.46. The van der Waals surface area contributed by atoms with Crippen molar-refractivity contribution >= 4 is 0 Å². The van der Waals surface area contributed by atoms with E-state index in [0.29, 0.717) is 24.2 Å². The molecule has 1 N–H and O–H groups in total. The molecule has 3 heteroatoms. The van der Waals surface area contributed by atoms with Gasteiger partial charge in [0.2, 0.25) is 0 Å². The summed E-state index contributed by atoms with van der Waals surface area (Å²) in [5.74, 6) is 0.601. The van der Waals surface area contributed by atoms with Crippen molar-refractivity contribution < 1.29 is 9.47 Å². The van der Waals surface area contributed by atoms with Crippen molar-refractivity contribution in [2.75, 3.05) is 19.8 Å². The third-order valence-electron chi connectivity index (χ3n) is 3.65. The van der Waals surface area contributed by atoms with Crippen LogP contribution < -0.4 is 5.32 Å². The van der Waals surface area contributed by atoms with E-state index in [9.17, 15) is 0 Å². The Bertz CT molecular complexity index is 198. The fourth-order valence-corrected chi connectivity index (χ4v) is 2.43. The largest absolute Gasteiger partial charge is 0.376 e. The molecule has 0 radical (unpaired) electrons. The van der Waals surface area contributed by atoms with Gasteiger partial charge in [-0.3, -0.25) is 0 Å². The molecular formula is C13H25NO2. The van der Waals surface area contributed by atoms with Crippen LogP contribution in [0, 0.1) is 5.92 Å². The highest BCUT2D eigenvalue weighted by Gasteiger charge is 2.27. The molecule has 0 aromatic rings. The van der Waals surface area contributed by atoms with Crippen molar-refractivity contribution in [1.82, 2.24) is 5.32 Å². The fraction of sp³-hybridized carbons (Fsp3) is 1.00. The van der Waals surface area contributed by atoms with Crippen LogP contribution in [-0.4, -0.2) is 38.0 Å². The molecule has 2 rings (SSSR count). The minimum Gasteiger partial charge on any atom is -0.376 e. The first-order valence-electron chi connectivity index (χ1n) is 6.72. The molecule has 2 saturated heterocycles. The van der Waals surface area contributed by atoms with Crippen LogP contribution in [0.2, 0.25) is 0 Å². The molecule has 0 saturated carbocycles. The zero-order valence-corrected chi connectivity index (χ0v) is 10.6. The SMILES string of the molecule is CC(C)[C@@H](C[C@@H]1CCCCN1)OC1COC1. The van der Waals surface area contributed by atoms with Crippen LogP contribution >= 0.6 is 0 Å². The maximum Gasteiger partial charge on any atom is 0.104 e. The molecule has 2 heterocycles. The molecule has 94 valence electrons. The number of piperidine rings is 1. The van der Waals surface area contributed by atoms with Crippen LogP contribution in [0.15, 0.2) is 0 Å². The molecule has 0 aromatic carbocycles. The summed E-state index contributed by atoms with van der Waals surface area (Å²) < 4.78 is 11.3. The first-order valence-corrected chi connectivity index (χ1v) is 6.72. The molecule has 2 aliphatic heterocycles.